The fourth-order valence-corrected chi connectivity index (χ4v) is 2.75. The first-order valence-electron chi connectivity index (χ1n) is 6.45. The summed E-state index contributed by atoms with van der Waals surface area (Å²) >= 11 is 0. The minimum absolute atomic E-state index is 0.125. The predicted molar refractivity (Wildman–Crippen MR) is 69.3 cm³/mol. The molecule has 1 N–H and O–H groups in total. The molecule has 1 aromatic carbocycles. The summed E-state index contributed by atoms with van der Waals surface area (Å²) in [7, 11) is 1.67. The highest BCUT2D eigenvalue weighted by molar-refractivity contribution is 5.27. The van der Waals surface area contributed by atoms with Gasteiger partial charge >= 0.3 is 0 Å². The SMILES string of the molecule is COc1ccc(CC(O)C2(C)CCCC2)cc1. The summed E-state index contributed by atoms with van der Waals surface area (Å²) < 4.78 is 5.13. The molecule has 2 heteroatoms. The number of rotatable bonds is 4. The van der Waals surface area contributed by atoms with Crippen molar-refractivity contribution in [1.82, 2.24) is 0 Å². The van der Waals surface area contributed by atoms with E-state index >= 15 is 0 Å². The minimum atomic E-state index is -0.224. The lowest BCUT2D eigenvalue weighted by Crippen LogP contribution is -2.31. The number of aliphatic hydroxyl groups is 1. The average Bonchev–Trinajstić information content (AvgIpc) is 2.78. The summed E-state index contributed by atoms with van der Waals surface area (Å²) in [6.45, 7) is 2.22. The molecule has 1 aromatic rings. The van der Waals surface area contributed by atoms with Crippen molar-refractivity contribution < 1.29 is 9.84 Å². The van der Waals surface area contributed by atoms with Gasteiger partial charge in [0, 0.05) is 0 Å². The third-order valence-corrected chi connectivity index (χ3v) is 4.14. The summed E-state index contributed by atoms with van der Waals surface area (Å²) in [6, 6.07) is 8.00. The Morgan fingerprint density at radius 2 is 1.82 bits per heavy atom. The van der Waals surface area contributed by atoms with Crippen LogP contribution in [0.15, 0.2) is 24.3 Å². The molecule has 0 radical (unpaired) electrons. The van der Waals surface area contributed by atoms with Gasteiger partial charge in [0.2, 0.25) is 0 Å². The first kappa shape index (κ1) is 12.4. The molecule has 17 heavy (non-hydrogen) atoms. The second-order valence-electron chi connectivity index (χ2n) is 5.43. The molecular weight excluding hydrogens is 212 g/mol. The van der Waals surface area contributed by atoms with Gasteiger partial charge in [0.1, 0.15) is 5.75 Å². The molecule has 0 heterocycles. The Balaban J connectivity index is 1.99. The molecule has 94 valence electrons. The van der Waals surface area contributed by atoms with E-state index in [0.29, 0.717) is 0 Å². The summed E-state index contributed by atoms with van der Waals surface area (Å²) in [5.41, 5.74) is 1.31. The van der Waals surface area contributed by atoms with E-state index in [2.05, 4.69) is 6.92 Å². The van der Waals surface area contributed by atoms with Gasteiger partial charge in [-0.25, -0.2) is 0 Å². The third-order valence-electron chi connectivity index (χ3n) is 4.14. The Morgan fingerprint density at radius 3 is 2.35 bits per heavy atom. The molecule has 0 amide bonds. The van der Waals surface area contributed by atoms with Crippen LogP contribution >= 0.6 is 0 Å². The molecule has 1 saturated carbocycles. The van der Waals surface area contributed by atoms with Crippen molar-refractivity contribution in [2.24, 2.45) is 5.41 Å². The summed E-state index contributed by atoms with van der Waals surface area (Å²) in [5, 5.41) is 10.4. The van der Waals surface area contributed by atoms with Gasteiger partial charge in [-0.05, 0) is 42.4 Å². The smallest absolute Gasteiger partial charge is 0.118 e. The molecule has 1 aliphatic carbocycles. The number of aliphatic hydroxyl groups excluding tert-OH is 1. The number of methoxy groups -OCH3 is 1. The number of ether oxygens (including phenoxy) is 1. The molecule has 1 fully saturated rings. The van der Waals surface area contributed by atoms with Gasteiger partial charge in [0.25, 0.3) is 0 Å². The van der Waals surface area contributed by atoms with Crippen LogP contribution in [0.25, 0.3) is 0 Å². The monoisotopic (exact) mass is 234 g/mol. The Hall–Kier alpha value is -1.02. The van der Waals surface area contributed by atoms with E-state index in [9.17, 15) is 5.11 Å². The highest BCUT2D eigenvalue weighted by Gasteiger charge is 2.35. The van der Waals surface area contributed by atoms with Crippen LogP contribution in [0.1, 0.15) is 38.2 Å². The zero-order valence-electron chi connectivity index (χ0n) is 10.8. The van der Waals surface area contributed by atoms with Crippen LogP contribution in [0.4, 0.5) is 0 Å². The molecular formula is C15H22O2. The molecule has 0 spiro atoms. The molecule has 0 bridgehead atoms. The summed E-state index contributed by atoms with van der Waals surface area (Å²) in [4.78, 5) is 0. The molecule has 1 unspecified atom stereocenters. The zero-order valence-corrected chi connectivity index (χ0v) is 10.8. The summed E-state index contributed by atoms with van der Waals surface area (Å²) in [5.74, 6) is 0.871. The van der Waals surface area contributed by atoms with Crippen LogP contribution in [0, 0.1) is 5.41 Å². The van der Waals surface area contributed by atoms with E-state index in [0.717, 1.165) is 25.0 Å². The molecule has 0 aromatic heterocycles. The maximum absolute atomic E-state index is 10.4. The van der Waals surface area contributed by atoms with E-state index in [1.807, 2.05) is 24.3 Å². The molecule has 0 saturated heterocycles. The Kier molecular flexibility index (Phi) is 3.72. The van der Waals surface area contributed by atoms with Gasteiger partial charge < -0.3 is 9.84 Å². The standard InChI is InChI=1S/C15H22O2/c1-15(9-3-4-10-15)14(16)11-12-5-7-13(17-2)8-6-12/h5-8,14,16H,3-4,9-11H2,1-2H3. The average molecular weight is 234 g/mol. The lowest BCUT2D eigenvalue weighted by molar-refractivity contribution is 0.0424. The van der Waals surface area contributed by atoms with Crippen LogP contribution in [-0.4, -0.2) is 18.3 Å². The van der Waals surface area contributed by atoms with E-state index in [-0.39, 0.29) is 11.5 Å². The second kappa shape index (κ2) is 5.09. The first-order chi connectivity index (χ1) is 8.14. The number of benzene rings is 1. The normalized spacial score (nSPS) is 20.2. The van der Waals surface area contributed by atoms with Crippen LogP contribution in [0.5, 0.6) is 5.75 Å². The van der Waals surface area contributed by atoms with Crippen LogP contribution in [0.3, 0.4) is 0 Å². The lowest BCUT2D eigenvalue weighted by atomic mass is 9.80. The van der Waals surface area contributed by atoms with Gasteiger partial charge in [-0.3, -0.25) is 0 Å². The zero-order chi connectivity index (χ0) is 12.3. The fraction of sp³-hybridized carbons (Fsp3) is 0.600. The minimum Gasteiger partial charge on any atom is -0.497 e. The number of hydrogen-bond donors (Lipinski definition) is 1. The molecule has 1 aliphatic rings. The lowest BCUT2D eigenvalue weighted by Gasteiger charge is -2.30. The van der Waals surface area contributed by atoms with Crippen molar-refractivity contribution in [2.75, 3.05) is 7.11 Å². The van der Waals surface area contributed by atoms with Gasteiger partial charge in [-0.2, -0.15) is 0 Å². The van der Waals surface area contributed by atoms with Gasteiger partial charge in [0.15, 0.2) is 0 Å². The maximum atomic E-state index is 10.4. The topological polar surface area (TPSA) is 29.5 Å². The highest BCUT2D eigenvalue weighted by Crippen LogP contribution is 2.41. The third kappa shape index (κ3) is 2.81. The van der Waals surface area contributed by atoms with E-state index in [4.69, 9.17) is 4.74 Å². The van der Waals surface area contributed by atoms with Crippen LogP contribution in [0.2, 0.25) is 0 Å². The van der Waals surface area contributed by atoms with Crippen molar-refractivity contribution in [3.8, 4) is 5.75 Å². The van der Waals surface area contributed by atoms with Crippen molar-refractivity contribution in [1.29, 1.82) is 0 Å². The van der Waals surface area contributed by atoms with Crippen molar-refractivity contribution >= 4 is 0 Å². The predicted octanol–water partition coefficient (Wildman–Crippen LogP) is 3.18. The molecule has 1 atom stereocenters. The van der Waals surface area contributed by atoms with E-state index in [1.165, 1.54) is 18.4 Å². The summed E-state index contributed by atoms with van der Waals surface area (Å²) in [6.07, 6.45) is 5.36. The highest BCUT2D eigenvalue weighted by atomic mass is 16.5. The van der Waals surface area contributed by atoms with E-state index in [1.54, 1.807) is 7.11 Å². The quantitative estimate of drug-likeness (QED) is 0.867. The van der Waals surface area contributed by atoms with Crippen molar-refractivity contribution in [3.05, 3.63) is 29.8 Å². The Labute approximate surface area is 104 Å². The molecule has 2 nitrogen and oxygen atoms in total. The van der Waals surface area contributed by atoms with Crippen molar-refractivity contribution in [3.63, 3.8) is 0 Å². The fourth-order valence-electron chi connectivity index (χ4n) is 2.75. The van der Waals surface area contributed by atoms with Crippen LogP contribution < -0.4 is 4.74 Å². The van der Waals surface area contributed by atoms with Crippen molar-refractivity contribution in [2.45, 2.75) is 45.1 Å². The van der Waals surface area contributed by atoms with E-state index < -0.39 is 0 Å². The largest absolute Gasteiger partial charge is 0.497 e. The van der Waals surface area contributed by atoms with Gasteiger partial charge in [0.05, 0.1) is 13.2 Å². The Morgan fingerprint density at radius 1 is 1.24 bits per heavy atom. The number of hydrogen-bond acceptors (Lipinski definition) is 2. The van der Waals surface area contributed by atoms with Gasteiger partial charge in [-0.15, -0.1) is 0 Å². The molecule has 0 aliphatic heterocycles. The second-order valence-corrected chi connectivity index (χ2v) is 5.43. The molecule has 2 rings (SSSR count). The van der Waals surface area contributed by atoms with Crippen LogP contribution in [-0.2, 0) is 6.42 Å². The Bertz CT molecular complexity index is 350. The first-order valence-corrected chi connectivity index (χ1v) is 6.45. The van der Waals surface area contributed by atoms with Gasteiger partial charge in [-0.1, -0.05) is 31.9 Å². The maximum Gasteiger partial charge on any atom is 0.118 e.